The first-order valence-electron chi connectivity index (χ1n) is 8.94. The fourth-order valence-corrected chi connectivity index (χ4v) is 4.10. The number of nitrogens with one attached hydrogen (secondary N) is 2. The van der Waals surface area contributed by atoms with E-state index >= 15 is 0 Å². The highest BCUT2D eigenvalue weighted by atomic mass is 19.1. The Balaban J connectivity index is 1.70. The quantitative estimate of drug-likeness (QED) is 0.895. The molecule has 0 atom stereocenters. The minimum Gasteiger partial charge on any atom is -0.355 e. The maximum absolute atomic E-state index is 13.7. The molecule has 2 aliphatic rings. The SMILES string of the molecule is O=C(NCC1(c2cccc(F)c2)CCCCC1)C1CCNCC1. The van der Waals surface area contributed by atoms with Gasteiger partial charge in [0.25, 0.3) is 0 Å². The van der Waals surface area contributed by atoms with E-state index in [0.717, 1.165) is 57.2 Å². The van der Waals surface area contributed by atoms with Gasteiger partial charge in [-0.15, -0.1) is 0 Å². The summed E-state index contributed by atoms with van der Waals surface area (Å²) < 4.78 is 13.7. The lowest BCUT2D eigenvalue weighted by atomic mass is 9.69. The van der Waals surface area contributed by atoms with Crippen LogP contribution in [0.5, 0.6) is 0 Å². The maximum Gasteiger partial charge on any atom is 0.223 e. The van der Waals surface area contributed by atoms with Crippen LogP contribution in [-0.4, -0.2) is 25.5 Å². The molecule has 1 aromatic rings. The zero-order valence-electron chi connectivity index (χ0n) is 13.7. The second-order valence-electron chi connectivity index (χ2n) is 7.09. The minimum atomic E-state index is -0.183. The van der Waals surface area contributed by atoms with E-state index in [4.69, 9.17) is 0 Å². The fourth-order valence-electron chi connectivity index (χ4n) is 4.10. The van der Waals surface area contributed by atoms with E-state index in [2.05, 4.69) is 10.6 Å². The monoisotopic (exact) mass is 318 g/mol. The van der Waals surface area contributed by atoms with Gasteiger partial charge in [-0.1, -0.05) is 31.4 Å². The number of hydrogen-bond donors (Lipinski definition) is 2. The molecule has 0 radical (unpaired) electrons. The normalized spacial score (nSPS) is 21.8. The molecule has 0 unspecified atom stereocenters. The van der Waals surface area contributed by atoms with Gasteiger partial charge in [-0.2, -0.15) is 0 Å². The van der Waals surface area contributed by atoms with Gasteiger partial charge in [0.2, 0.25) is 5.91 Å². The van der Waals surface area contributed by atoms with E-state index < -0.39 is 0 Å². The average molecular weight is 318 g/mol. The van der Waals surface area contributed by atoms with E-state index in [9.17, 15) is 9.18 Å². The standard InChI is InChI=1S/C19H27FN2O/c20-17-6-4-5-16(13-17)19(9-2-1-3-10-19)14-22-18(23)15-7-11-21-12-8-15/h4-6,13,15,21H,1-3,7-12,14H2,(H,22,23). The molecule has 1 aliphatic heterocycles. The molecule has 0 spiro atoms. The molecule has 0 bridgehead atoms. The van der Waals surface area contributed by atoms with Gasteiger partial charge in [0.1, 0.15) is 5.82 Å². The lowest BCUT2D eigenvalue weighted by molar-refractivity contribution is -0.126. The minimum absolute atomic E-state index is 0.0943. The molecule has 1 saturated heterocycles. The number of amides is 1. The number of halogens is 1. The van der Waals surface area contributed by atoms with Crippen LogP contribution in [0.4, 0.5) is 4.39 Å². The van der Waals surface area contributed by atoms with E-state index in [1.807, 2.05) is 6.07 Å². The van der Waals surface area contributed by atoms with Gasteiger partial charge in [-0.3, -0.25) is 4.79 Å². The van der Waals surface area contributed by atoms with Crippen molar-refractivity contribution in [3.05, 3.63) is 35.6 Å². The summed E-state index contributed by atoms with van der Waals surface area (Å²) in [5.41, 5.74) is 0.950. The Morgan fingerprint density at radius 3 is 2.65 bits per heavy atom. The molecule has 3 rings (SSSR count). The smallest absolute Gasteiger partial charge is 0.223 e. The number of rotatable bonds is 4. The third-order valence-electron chi connectivity index (χ3n) is 5.56. The van der Waals surface area contributed by atoms with E-state index in [0.29, 0.717) is 6.54 Å². The Hall–Kier alpha value is -1.42. The third-order valence-corrected chi connectivity index (χ3v) is 5.56. The zero-order valence-corrected chi connectivity index (χ0v) is 13.7. The second kappa shape index (κ2) is 7.43. The molecule has 1 aliphatic carbocycles. The predicted octanol–water partition coefficient (Wildman–Crippen LogP) is 3.14. The highest BCUT2D eigenvalue weighted by molar-refractivity contribution is 5.78. The number of benzene rings is 1. The van der Waals surface area contributed by atoms with Crippen molar-refractivity contribution < 1.29 is 9.18 Å². The summed E-state index contributed by atoms with van der Waals surface area (Å²) in [5, 5.41) is 6.48. The van der Waals surface area contributed by atoms with Crippen LogP contribution in [0, 0.1) is 11.7 Å². The highest BCUT2D eigenvalue weighted by Gasteiger charge is 2.35. The molecule has 1 aromatic carbocycles. The molecular formula is C19H27FN2O. The molecule has 2 fully saturated rings. The summed E-state index contributed by atoms with van der Waals surface area (Å²) in [5.74, 6) is 0.120. The van der Waals surface area contributed by atoms with Crippen molar-refractivity contribution in [2.24, 2.45) is 5.92 Å². The Morgan fingerprint density at radius 2 is 1.96 bits per heavy atom. The summed E-state index contributed by atoms with van der Waals surface area (Å²) >= 11 is 0. The Kier molecular flexibility index (Phi) is 5.31. The van der Waals surface area contributed by atoms with Gasteiger partial charge in [-0.05, 0) is 56.5 Å². The summed E-state index contributed by atoms with van der Waals surface area (Å²) in [6.45, 7) is 2.49. The fraction of sp³-hybridized carbons (Fsp3) is 0.632. The van der Waals surface area contributed by atoms with E-state index in [-0.39, 0.29) is 23.1 Å². The Bertz CT molecular complexity index is 534. The van der Waals surface area contributed by atoms with Gasteiger partial charge in [-0.25, -0.2) is 4.39 Å². The lowest BCUT2D eigenvalue weighted by Gasteiger charge is -2.38. The van der Waals surface area contributed by atoms with Crippen LogP contribution in [0.25, 0.3) is 0 Å². The predicted molar refractivity (Wildman–Crippen MR) is 89.8 cm³/mol. The van der Waals surface area contributed by atoms with Crippen molar-refractivity contribution in [2.75, 3.05) is 19.6 Å². The first-order valence-corrected chi connectivity index (χ1v) is 8.94. The first kappa shape index (κ1) is 16.4. The summed E-state index contributed by atoms with van der Waals surface area (Å²) in [6.07, 6.45) is 7.43. The first-order chi connectivity index (χ1) is 11.2. The Morgan fingerprint density at radius 1 is 1.22 bits per heavy atom. The van der Waals surface area contributed by atoms with Crippen LogP contribution in [-0.2, 0) is 10.2 Å². The largest absolute Gasteiger partial charge is 0.355 e. The molecule has 3 nitrogen and oxygen atoms in total. The van der Waals surface area contributed by atoms with Crippen LogP contribution < -0.4 is 10.6 Å². The molecule has 1 amide bonds. The van der Waals surface area contributed by atoms with Crippen LogP contribution >= 0.6 is 0 Å². The molecule has 23 heavy (non-hydrogen) atoms. The highest BCUT2D eigenvalue weighted by Crippen LogP contribution is 2.39. The number of hydrogen-bond acceptors (Lipinski definition) is 2. The lowest BCUT2D eigenvalue weighted by Crippen LogP contribution is -2.45. The number of carbonyl (C=O) groups is 1. The number of piperidine rings is 1. The molecule has 0 aromatic heterocycles. The van der Waals surface area contributed by atoms with Gasteiger partial charge >= 0.3 is 0 Å². The molecule has 2 N–H and O–H groups in total. The van der Waals surface area contributed by atoms with Gasteiger partial charge in [0.05, 0.1) is 0 Å². The van der Waals surface area contributed by atoms with Crippen LogP contribution in [0.3, 0.4) is 0 Å². The van der Waals surface area contributed by atoms with Crippen molar-refractivity contribution >= 4 is 5.91 Å². The second-order valence-corrected chi connectivity index (χ2v) is 7.09. The van der Waals surface area contributed by atoms with Crippen molar-refractivity contribution in [1.82, 2.24) is 10.6 Å². The number of carbonyl (C=O) groups excluding carboxylic acids is 1. The van der Waals surface area contributed by atoms with Gasteiger partial charge in [0, 0.05) is 17.9 Å². The third kappa shape index (κ3) is 3.92. The average Bonchev–Trinajstić information content (AvgIpc) is 2.61. The molecule has 1 saturated carbocycles. The summed E-state index contributed by atoms with van der Waals surface area (Å²) in [6, 6.07) is 6.95. The molecule has 1 heterocycles. The maximum atomic E-state index is 13.7. The zero-order chi connectivity index (χ0) is 16.1. The van der Waals surface area contributed by atoms with Gasteiger partial charge < -0.3 is 10.6 Å². The van der Waals surface area contributed by atoms with Crippen molar-refractivity contribution in [3.63, 3.8) is 0 Å². The van der Waals surface area contributed by atoms with Crippen molar-refractivity contribution in [1.29, 1.82) is 0 Å². The van der Waals surface area contributed by atoms with Crippen molar-refractivity contribution in [3.8, 4) is 0 Å². The van der Waals surface area contributed by atoms with E-state index in [1.165, 1.54) is 12.5 Å². The van der Waals surface area contributed by atoms with Crippen LogP contribution in [0.1, 0.15) is 50.5 Å². The molecule has 4 heteroatoms. The summed E-state index contributed by atoms with van der Waals surface area (Å²) in [4.78, 5) is 12.5. The Labute approximate surface area is 138 Å². The molecular weight excluding hydrogens is 291 g/mol. The van der Waals surface area contributed by atoms with E-state index in [1.54, 1.807) is 12.1 Å². The van der Waals surface area contributed by atoms with Gasteiger partial charge in [0.15, 0.2) is 0 Å². The van der Waals surface area contributed by atoms with Crippen molar-refractivity contribution in [2.45, 2.75) is 50.4 Å². The topological polar surface area (TPSA) is 41.1 Å². The molecule has 126 valence electrons. The van der Waals surface area contributed by atoms with Crippen LogP contribution in [0.2, 0.25) is 0 Å². The summed E-state index contributed by atoms with van der Waals surface area (Å²) in [7, 11) is 0. The van der Waals surface area contributed by atoms with Crippen LogP contribution in [0.15, 0.2) is 24.3 Å².